The van der Waals surface area contributed by atoms with E-state index in [2.05, 4.69) is 4.52 Å². The summed E-state index contributed by atoms with van der Waals surface area (Å²) in [7, 11) is -5.49. The Bertz CT molecular complexity index is 561. The standard InChI is InChI=1S/C7H15Cl2N2O2P/c8-2-5-11(6-3-9)14(12)10-4-1-7-13-14/h1-7H2,(H,10,12)/i1D2,4D2,5D2,6D2,7D2/hD. The molecule has 0 aliphatic carbocycles. The summed E-state index contributed by atoms with van der Waals surface area (Å²) >= 11 is 10.9. The van der Waals surface area contributed by atoms with Crippen molar-refractivity contribution in [2.75, 3.05) is 37.8 Å². The monoisotopic (exact) mass is 271 g/mol. The Morgan fingerprint density at radius 1 is 1.64 bits per heavy atom. The first-order chi connectivity index (χ1) is 10.8. The normalized spacial score (nSPS) is 54.1. The van der Waals surface area contributed by atoms with Crippen LogP contribution < -0.4 is 5.08 Å². The third kappa shape index (κ3) is 3.37. The van der Waals surface area contributed by atoms with Gasteiger partial charge in [-0.05, 0) is 6.37 Å². The molecular formula is C7H15Cl2N2O2P. The maximum absolute atomic E-state index is 13.2. The van der Waals surface area contributed by atoms with Crippen molar-refractivity contribution in [1.82, 2.24) is 9.75 Å². The quantitative estimate of drug-likeness (QED) is 0.613. The lowest BCUT2D eigenvalue weighted by Crippen LogP contribution is -2.35. The summed E-state index contributed by atoms with van der Waals surface area (Å²) in [6, 6.07) is 0. The van der Waals surface area contributed by atoms with Crippen molar-refractivity contribution in [3.63, 3.8) is 0 Å². The molecule has 0 aromatic heterocycles. The minimum absolute atomic E-state index is 0.245. The van der Waals surface area contributed by atoms with Crippen LogP contribution in [0.4, 0.5) is 0 Å². The lowest BCUT2D eigenvalue weighted by Gasteiger charge is -2.33. The van der Waals surface area contributed by atoms with Crippen LogP contribution in [-0.4, -0.2) is 42.5 Å². The van der Waals surface area contributed by atoms with Crippen molar-refractivity contribution in [3.8, 4) is 0 Å². The first-order valence-electron chi connectivity index (χ1n) is 8.83. The Balaban J connectivity index is 3.72. The number of rotatable bonds is 5. The molecule has 1 aliphatic rings. The van der Waals surface area contributed by atoms with Gasteiger partial charge in [0.05, 0.1) is 9.30 Å². The minimum atomic E-state index is -5.49. The van der Waals surface area contributed by atoms with E-state index in [1.54, 1.807) is 0 Å². The molecule has 1 rings (SSSR count). The molecule has 1 atom stereocenters. The summed E-state index contributed by atoms with van der Waals surface area (Å²) in [4.78, 5) is 0. The van der Waals surface area contributed by atoms with Crippen LogP contribution >= 0.6 is 30.9 Å². The summed E-state index contributed by atoms with van der Waals surface area (Å²) in [5.41, 5.74) is 0. The summed E-state index contributed by atoms with van der Waals surface area (Å²) in [6.45, 7) is -13.2. The van der Waals surface area contributed by atoms with E-state index >= 15 is 0 Å². The molecule has 1 fully saturated rings. The zero-order chi connectivity index (χ0) is 20.3. The zero-order valence-electron chi connectivity index (χ0n) is 17.8. The molecule has 1 saturated heterocycles. The van der Waals surface area contributed by atoms with E-state index in [1.165, 1.54) is 0 Å². The molecule has 1 N–H and O–H groups in total. The second-order valence-electron chi connectivity index (χ2n) is 1.92. The van der Waals surface area contributed by atoms with Crippen LogP contribution in [0.1, 0.15) is 20.1 Å². The third-order valence-electron chi connectivity index (χ3n) is 1.12. The van der Waals surface area contributed by atoms with Crippen molar-refractivity contribution in [3.05, 3.63) is 0 Å². The summed E-state index contributed by atoms with van der Waals surface area (Å²) < 4.78 is 102. The van der Waals surface area contributed by atoms with Crippen LogP contribution in [0, 0.1) is 0 Å². The van der Waals surface area contributed by atoms with Crippen molar-refractivity contribution in [1.29, 1.82) is 0 Å². The number of nitrogens with one attached hydrogen (secondary N) is 1. The first-order valence-corrected chi connectivity index (χ1v) is 5.98. The lowest BCUT2D eigenvalue weighted by atomic mass is 10.5. The summed E-state index contributed by atoms with van der Waals surface area (Å²) in [5, 5.41) is -0.601. The summed E-state index contributed by atoms with van der Waals surface area (Å²) in [6.07, 6.45) is -3.50. The lowest BCUT2D eigenvalue weighted by molar-refractivity contribution is 0.233. The molecule has 0 radical (unpaired) electrons. The zero-order valence-corrected chi connectivity index (χ0v) is 9.23. The fraction of sp³-hybridized carbons (Fsp3) is 1.00. The molecule has 4 nitrogen and oxygen atoms in total. The van der Waals surface area contributed by atoms with Gasteiger partial charge in [-0.25, -0.2) is 9.75 Å². The molecule has 14 heavy (non-hydrogen) atoms. The van der Waals surface area contributed by atoms with E-state index in [0.717, 1.165) is 0 Å². The van der Waals surface area contributed by atoms with E-state index < -0.39 is 56.9 Å². The largest absolute Gasteiger partial charge is 0.343 e. The molecule has 0 saturated carbocycles. The second-order valence-corrected chi connectivity index (χ2v) is 4.21. The van der Waals surface area contributed by atoms with Gasteiger partial charge < -0.3 is 4.52 Å². The van der Waals surface area contributed by atoms with Gasteiger partial charge in [0, 0.05) is 42.2 Å². The van der Waals surface area contributed by atoms with E-state index in [0.29, 0.717) is 0 Å². The predicted octanol–water partition coefficient (Wildman–Crippen LogP) is 1.88. The van der Waals surface area contributed by atoms with Gasteiger partial charge in [0.1, 0.15) is 1.41 Å². The van der Waals surface area contributed by atoms with Crippen LogP contribution in [0.25, 0.3) is 0 Å². The number of hydrogen-bond acceptors (Lipinski definition) is 2. The van der Waals surface area contributed by atoms with Crippen molar-refractivity contribution in [2.24, 2.45) is 0 Å². The number of alkyl halides is 2. The smallest absolute Gasteiger partial charge is 0.306 e. The van der Waals surface area contributed by atoms with Gasteiger partial charge in [-0.1, -0.05) is 0 Å². The summed E-state index contributed by atoms with van der Waals surface area (Å²) in [5.74, 6) is -2.02. The predicted molar refractivity (Wildman–Crippen MR) is 59.2 cm³/mol. The minimum Gasteiger partial charge on any atom is -0.306 e. The SMILES string of the molecule is [2H]N1C([2H])([2H])C([2H])([2H])C([2H])([2H])OP1(=O)N(C([2H])([2H])CCl)C([2H])([2H])CCl. The molecular weight excluding hydrogens is 246 g/mol. The molecule has 0 amide bonds. The second kappa shape index (κ2) is 6.31. The average molecular weight is 272 g/mol. The molecule has 1 aliphatic heterocycles. The maximum Gasteiger partial charge on any atom is 0.343 e. The highest BCUT2D eigenvalue weighted by Crippen LogP contribution is 2.47. The van der Waals surface area contributed by atoms with Crippen LogP contribution in [0.15, 0.2) is 0 Å². The van der Waals surface area contributed by atoms with Gasteiger partial charge in [-0.15, -0.1) is 23.2 Å². The van der Waals surface area contributed by atoms with E-state index in [-0.39, 0.29) is 4.67 Å². The Labute approximate surface area is 110 Å². The molecule has 0 aromatic rings. The first kappa shape index (κ1) is 4.17. The highest BCUT2D eigenvalue weighted by molar-refractivity contribution is 7.54. The molecule has 1 heterocycles. The van der Waals surface area contributed by atoms with E-state index in [4.69, 9.17) is 38.3 Å². The molecule has 0 spiro atoms. The van der Waals surface area contributed by atoms with Gasteiger partial charge in [0.25, 0.3) is 0 Å². The van der Waals surface area contributed by atoms with Gasteiger partial charge in [0.15, 0.2) is 0 Å². The van der Waals surface area contributed by atoms with Crippen LogP contribution in [0.3, 0.4) is 0 Å². The van der Waals surface area contributed by atoms with E-state index in [9.17, 15) is 4.57 Å². The van der Waals surface area contributed by atoms with Crippen LogP contribution in [-0.2, 0) is 9.09 Å². The van der Waals surface area contributed by atoms with Crippen molar-refractivity contribution >= 4 is 30.9 Å². The topological polar surface area (TPSA) is 41.6 Å². The van der Waals surface area contributed by atoms with Gasteiger partial charge in [-0.2, -0.15) is 0 Å². The Hall–Kier alpha value is 0.690. The van der Waals surface area contributed by atoms with Crippen molar-refractivity contribution < 1.29 is 24.2 Å². The van der Waals surface area contributed by atoms with Crippen LogP contribution in [0.2, 0.25) is 1.41 Å². The Morgan fingerprint density at radius 3 is 2.86 bits per heavy atom. The fourth-order valence-corrected chi connectivity index (χ4v) is 2.10. The number of hydrogen-bond donors (Lipinski definition) is 1. The number of halogens is 2. The highest BCUT2D eigenvalue weighted by atomic mass is 35.5. The van der Waals surface area contributed by atoms with E-state index in [1.807, 2.05) is 0 Å². The number of nitrogens with zero attached hydrogens (tertiary/aromatic N) is 1. The van der Waals surface area contributed by atoms with Crippen LogP contribution in [0.5, 0.6) is 0 Å². The molecule has 0 aromatic carbocycles. The average Bonchev–Trinajstić information content (AvgIpc) is 2.43. The highest BCUT2D eigenvalue weighted by Gasteiger charge is 2.32. The maximum atomic E-state index is 13.2. The molecule has 7 heteroatoms. The van der Waals surface area contributed by atoms with Gasteiger partial charge >= 0.3 is 7.67 Å². The fourth-order valence-electron chi connectivity index (χ4n) is 0.647. The van der Waals surface area contributed by atoms with Crippen molar-refractivity contribution in [2.45, 2.75) is 6.37 Å². The third-order valence-corrected chi connectivity index (χ3v) is 2.83. The van der Waals surface area contributed by atoms with Gasteiger partial charge in [0.2, 0.25) is 0 Å². The Kier molecular flexibility index (Phi) is 1.88. The molecule has 84 valence electrons. The van der Waals surface area contributed by atoms with Gasteiger partial charge in [-0.3, -0.25) is 4.57 Å². The molecule has 1 unspecified atom stereocenters. The molecule has 0 bridgehead atoms. The Morgan fingerprint density at radius 2 is 2.29 bits per heavy atom.